The van der Waals surface area contributed by atoms with Crippen LogP contribution < -0.4 is 5.32 Å². The predicted molar refractivity (Wildman–Crippen MR) is 83.0 cm³/mol. The average Bonchev–Trinajstić information content (AvgIpc) is 2.56. The van der Waals surface area contributed by atoms with Crippen molar-refractivity contribution in [3.63, 3.8) is 0 Å². The Kier molecular flexibility index (Phi) is 4.74. The molecule has 0 unspecified atom stereocenters. The highest BCUT2D eigenvalue weighted by Gasteiger charge is 2.34. The minimum atomic E-state index is 0.358. The molecule has 2 fully saturated rings. The Bertz CT molecular complexity index is 391. The van der Waals surface area contributed by atoms with Crippen LogP contribution in [-0.4, -0.2) is 25.8 Å². The SMILES string of the molecule is c1ccc(C2(CN[C@@H]3CCCOC3)CCCCC2)cc1. The van der Waals surface area contributed by atoms with E-state index >= 15 is 0 Å². The smallest absolute Gasteiger partial charge is 0.0619 e. The standard InChI is InChI=1S/C18H27NO/c1-3-8-16(9-4-1)18(11-5-2-6-12-18)15-19-17-10-7-13-20-14-17/h1,3-4,8-9,17,19H,2,5-7,10-15H2/t17-/m1/s1. The molecule has 1 aromatic carbocycles. The van der Waals surface area contributed by atoms with E-state index in [1.54, 1.807) is 0 Å². The number of hydrogen-bond donors (Lipinski definition) is 1. The molecule has 2 heteroatoms. The van der Waals surface area contributed by atoms with E-state index in [9.17, 15) is 0 Å². The van der Waals surface area contributed by atoms with Gasteiger partial charge in [-0.3, -0.25) is 0 Å². The molecule has 1 aliphatic heterocycles. The van der Waals surface area contributed by atoms with Gasteiger partial charge in [0.1, 0.15) is 0 Å². The van der Waals surface area contributed by atoms with Crippen LogP contribution in [0.2, 0.25) is 0 Å². The van der Waals surface area contributed by atoms with Crippen molar-refractivity contribution in [3.05, 3.63) is 35.9 Å². The summed E-state index contributed by atoms with van der Waals surface area (Å²) in [5.41, 5.74) is 1.89. The maximum absolute atomic E-state index is 5.60. The number of rotatable bonds is 4. The van der Waals surface area contributed by atoms with Crippen molar-refractivity contribution < 1.29 is 4.74 Å². The van der Waals surface area contributed by atoms with E-state index in [-0.39, 0.29) is 0 Å². The molecule has 20 heavy (non-hydrogen) atoms. The van der Waals surface area contributed by atoms with Gasteiger partial charge in [0.05, 0.1) is 6.61 Å². The highest BCUT2D eigenvalue weighted by Crippen LogP contribution is 2.39. The highest BCUT2D eigenvalue weighted by atomic mass is 16.5. The van der Waals surface area contributed by atoms with Crippen molar-refractivity contribution in [1.82, 2.24) is 5.32 Å². The van der Waals surface area contributed by atoms with Gasteiger partial charge in [-0.1, -0.05) is 49.6 Å². The van der Waals surface area contributed by atoms with Crippen LogP contribution in [0.3, 0.4) is 0 Å². The van der Waals surface area contributed by atoms with E-state index in [4.69, 9.17) is 4.74 Å². The van der Waals surface area contributed by atoms with Crippen LogP contribution in [-0.2, 0) is 10.2 Å². The first-order chi connectivity index (χ1) is 9.89. The van der Waals surface area contributed by atoms with Crippen LogP contribution in [0.25, 0.3) is 0 Å². The fraction of sp³-hybridized carbons (Fsp3) is 0.667. The van der Waals surface area contributed by atoms with Crippen molar-refractivity contribution in [2.75, 3.05) is 19.8 Å². The van der Waals surface area contributed by atoms with Crippen LogP contribution in [0, 0.1) is 0 Å². The van der Waals surface area contributed by atoms with E-state index in [1.807, 2.05) is 0 Å². The first kappa shape index (κ1) is 14.1. The lowest BCUT2D eigenvalue weighted by molar-refractivity contribution is 0.0669. The Morgan fingerprint density at radius 2 is 1.85 bits per heavy atom. The van der Waals surface area contributed by atoms with Gasteiger partial charge < -0.3 is 10.1 Å². The van der Waals surface area contributed by atoms with E-state index in [2.05, 4.69) is 35.6 Å². The second-order valence-electron chi connectivity index (χ2n) is 6.50. The zero-order valence-corrected chi connectivity index (χ0v) is 12.4. The maximum Gasteiger partial charge on any atom is 0.0619 e. The van der Waals surface area contributed by atoms with Crippen molar-refractivity contribution in [3.8, 4) is 0 Å². The van der Waals surface area contributed by atoms with Gasteiger partial charge in [0.25, 0.3) is 0 Å². The molecule has 2 nitrogen and oxygen atoms in total. The normalized spacial score (nSPS) is 26.3. The Morgan fingerprint density at radius 1 is 1.05 bits per heavy atom. The second-order valence-corrected chi connectivity index (χ2v) is 6.50. The molecule has 2 aliphatic rings. The number of benzene rings is 1. The van der Waals surface area contributed by atoms with Gasteiger partial charge >= 0.3 is 0 Å². The lowest BCUT2D eigenvalue weighted by Crippen LogP contribution is -2.46. The fourth-order valence-corrected chi connectivity index (χ4v) is 3.83. The molecule has 1 saturated heterocycles. The zero-order valence-electron chi connectivity index (χ0n) is 12.4. The summed E-state index contributed by atoms with van der Waals surface area (Å²) in [6.07, 6.45) is 9.28. The molecule has 0 aromatic heterocycles. The first-order valence-electron chi connectivity index (χ1n) is 8.26. The van der Waals surface area contributed by atoms with Crippen molar-refractivity contribution >= 4 is 0 Å². The lowest BCUT2D eigenvalue weighted by atomic mass is 9.69. The van der Waals surface area contributed by atoms with Crippen LogP contribution in [0.1, 0.15) is 50.5 Å². The van der Waals surface area contributed by atoms with Gasteiger partial charge in [0.15, 0.2) is 0 Å². The monoisotopic (exact) mass is 273 g/mol. The predicted octanol–water partition coefficient (Wildman–Crippen LogP) is 3.66. The summed E-state index contributed by atoms with van der Waals surface area (Å²) in [4.78, 5) is 0. The molecule has 1 aliphatic carbocycles. The fourth-order valence-electron chi connectivity index (χ4n) is 3.83. The second kappa shape index (κ2) is 6.73. The van der Waals surface area contributed by atoms with E-state index in [0.717, 1.165) is 19.8 Å². The molecule has 1 atom stereocenters. The minimum Gasteiger partial charge on any atom is -0.380 e. The summed E-state index contributed by atoms with van der Waals surface area (Å²) in [6, 6.07) is 11.7. The quantitative estimate of drug-likeness (QED) is 0.904. The summed E-state index contributed by atoms with van der Waals surface area (Å²) in [5.74, 6) is 0. The molecule has 1 N–H and O–H groups in total. The van der Waals surface area contributed by atoms with Crippen LogP contribution in [0.5, 0.6) is 0 Å². The van der Waals surface area contributed by atoms with Gasteiger partial charge in [0, 0.05) is 24.6 Å². The Hall–Kier alpha value is -0.860. The Morgan fingerprint density at radius 3 is 2.55 bits per heavy atom. The van der Waals surface area contributed by atoms with E-state index in [1.165, 1.54) is 50.5 Å². The van der Waals surface area contributed by atoms with E-state index in [0.29, 0.717) is 11.5 Å². The minimum absolute atomic E-state index is 0.358. The summed E-state index contributed by atoms with van der Waals surface area (Å²) in [7, 11) is 0. The largest absolute Gasteiger partial charge is 0.380 e. The average molecular weight is 273 g/mol. The third-order valence-corrected chi connectivity index (χ3v) is 5.09. The van der Waals surface area contributed by atoms with Crippen LogP contribution >= 0.6 is 0 Å². The van der Waals surface area contributed by atoms with Gasteiger partial charge in [-0.2, -0.15) is 0 Å². The third kappa shape index (κ3) is 3.24. The highest BCUT2D eigenvalue weighted by molar-refractivity contribution is 5.26. The van der Waals surface area contributed by atoms with Crippen molar-refractivity contribution in [1.29, 1.82) is 0 Å². The van der Waals surface area contributed by atoms with Gasteiger partial charge in [-0.05, 0) is 31.2 Å². The number of nitrogens with one attached hydrogen (secondary N) is 1. The number of ether oxygens (including phenoxy) is 1. The van der Waals surface area contributed by atoms with Gasteiger partial charge in [-0.25, -0.2) is 0 Å². The van der Waals surface area contributed by atoms with Crippen molar-refractivity contribution in [2.45, 2.75) is 56.4 Å². The molecule has 3 rings (SSSR count). The van der Waals surface area contributed by atoms with Gasteiger partial charge in [-0.15, -0.1) is 0 Å². The van der Waals surface area contributed by atoms with E-state index < -0.39 is 0 Å². The molecular weight excluding hydrogens is 246 g/mol. The van der Waals surface area contributed by atoms with Crippen LogP contribution in [0.4, 0.5) is 0 Å². The Labute approximate surface area is 122 Å². The summed E-state index contributed by atoms with van der Waals surface area (Å²) < 4.78 is 5.60. The van der Waals surface area contributed by atoms with Crippen molar-refractivity contribution in [2.24, 2.45) is 0 Å². The molecule has 0 amide bonds. The Balaban J connectivity index is 1.69. The topological polar surface area (TPSA) is 21.3 Å². The zero-order chi connectivity index (χ0) is 13.7. The number of hydrogen-bond acceptors (Lipinski definition) is 2. The lowest BCUT2D eigenvalue weighted by Gasteiger charge is -2.39. The molecular formula is C18H27NO. The van der Waals surface area contributed by atoms with Gasteiger partial charge in [0.2, 0.25) is 0 Å². The summed E-state index contributed by atoms with van der Waals surface area (Å²) in [6.45, 7) is 2.96. The molecule has 0 spiro atoms. The molecule has 0 radical (unpaired) electrons. The third-order valence-electron chi connectivity index (χ3n) is 5.09. The summed E-state index contributed by atoms with van der Waals surface area (Å²) in [5, 5.41) is 3.81. The molecule has 1 saturated carbocycles. The molecule has 1 heterocycles. The molecule has 110 valence electrons. The molecule has 1 aromatic rings. The first-order valence-corrected chi connectivity index (χ1v) is 8.26. The van der Waals surface area contributed by atoms with Crippen LogP contribution in [0.15, 0.2) is 30.3 Å². The molecule has 0 bridgehead atoms. The maximum atomic E-state index is 5.60. The summed E-state index contributed by atoms with van der Waals surface area (Å²) >= 11 is 0.